The summed E-state index contributed by atoms with van der Waals surface area (Å²) in [6.45, 7) is 6.39. The van der Waals surface area contributed by atoms with Crippen molar-refractivity contribution < 1.29 is 4.79 Å². The molecule has 20 heavy (non-hydrogen) atoms. The zero-order chi connectivity index (χ0) is 15.0. The first-order valence-corrected chi connectivity index (χ1v) is 6.60. The van der Waals surface area contributed by atoms with Gasteiger partial charge >= 0.3 is 0 Å². The van der Waals surface area contributed by atoms with Gasteiger partial charge in [0.2, 0.25) is 0 Å². The lowest BCUT2D eigenvalue weighted by Gasteiger charge is -2.14. The van der Waals surface area contributed by atoms with Crippen molar-refractivity contribution in [2.45, 2.75) is 27.3 Å². The summed E-state index contributed by atoms with van der Waals surface area (Å²) in [5.41, 5.74) is 3.30. The normalized spacial score (nSPS) is 10.8. The van der Waals surface area contributed by atoms with Crippen LogP contribution in [-0.4, -0.2) is 34.5 Å². The monoisotopic (exact) mass is 273 g/mol. The third-order valence-corrected chi connectivity index (χ3v) is 3.49. The first-order chi connectivity index (χ1) is 9.36. The molecule has 0 aliphatic rings. The number of hydrogen-bond donors (Lipinski definition) is 0. The maximum absolute atomic E-state index is 12.4. The summed E-state index contributed by atoms with van der Waals surface area (Å²) >= 11 is 0. The number of amides is 1. The Hall–Kier alpha value is -2.17. The number of rotatable bonds is 2. The zero-order valence-corrected chi connectivity index (χ0v) is 12.5. The Morgan fingerprint density at radius 3 is 2.40 bits per heavy atom. The van der Waals surface area contributed by atoms with Gasteiger partial charge in [-0.05, 0) is 44.0 Å². The van der Waals surface area contributed by atoms with Crippen LogP contribution in [0.1, 0.15) is 28.5 Å². The Kier molecular flexibility index (Phi) is 3.61. The zero-order valence-electron chi connectivity index (χ0n) is 12.5. The molecule has 0 bridgehead atoms. The van der Waals surface area contributed by atoms with Crippen LogP contribution in [0, 0.1) is 13.8 Å². The molecule has 1 aromatic heterocycles. The lowest BCUT2D eigenvalue weighted by molar-refractivity contribution is 0.0820. The van der Waals surface area contributed by atoms with Gasteiger partial charge in [0.25, 0.3) is 11.5 Å². The Morgan fingerprint density at radius 1 is 1.25 bits per heavy atom. The van der Waals surface area contributed by atoms with Crippen molar-refractivity contribution in [2.24, 2.45) is 0 Å². The molecule has 0 aliphatic heterocycles. The third-order valence-electron chi connectivity index (χ3n) is 3.49. The summed E-state index contributed by atoms with van der Waals surface area (Å²) in [5.74, 6) is -0.364. The highest BCUT2D eigenvalue weighted by Gasteiger charge is 2.18. The fourth-order valence-corrected chi connectivity index (χ4v) is 2.16. The van der Waals surface area contributed by atoms with Gasteiger partial charge in [0, 0.05) is 20.6 Å². The minimum atomic E-state index is -0.364. The maximum atomic E-state index is 12.4. The fourth-order valence-electron chi connectivity index (χ4n) is 2.16. The van der Waals surface area contributed by atoms with E-state index >= 15 is 0 Å². The average Bonchev–Trinajstić information content (AvgIpc) is 2.39. The van der Waals surface area contributed by atoms with Crippen LogP contribution in [0.4, 0.5) is 0 Å². The van der Waals surface area contributed by atoms with E-state index in [2.05, 4.69) is 4.98 Å². The number of carbonyl (C=O) groups is 1. The summed E-state index contributed by atoms with van der Waals surface area (Å²) in [5, 5.41) is 0. The molecule has 1 aromatic carbocycles. The highest BCUT2D eigenvalue weighted by molar-refractivity contribution is 5.93. The van der Waals surface area contributed by atoms with Crippen molar-refractivity contribution in [1.29, 1.82) is 0 Å². The van der Waals surface area contributed by atoms with Crippen LogP contribution in [-0.2, 0) is 6.54 Å². The van der Waals surface area contributed by atoms with Crippen LogP contribution in [0.2, 0.25) is 0 Å². The van der Waals surface area contributed by atoms with E-state index in [0.29, 0.717) is 12.1 Å². The van der Waals surface area contributed by atoms with Crippen molar-refractivity contribution in [3.05, 3.63) is 39.3 Å². The topological polar surface area (TPSA) is 55.2 Å². The molecule has 1 heterocycles. The van der Waals surface area contributed by atoms with Gasteiger partial charge in [-0.2, -0.15) is 0 Å². The van der Waals surface area contributed by atoms with Gasteiger partial charge in [-0.3, -0.25) is 9.59 Å². The van der Waals surface area contributed by atoms with E-state index in [1.807, 2.05) is 32.9 Å². The molecule has 0 atom stereocenters. The molecule has 0 saturated carbocycles. The Morgan fingerprint density at radius 2 is 1.85 bits per heavy atom. The highest BCUT2D eigenvalue weighted by Crippen LogP contribution is 2.17. The van der Waals surface area contributed by atoms with E-state index < -0.39 is 0 Å². The summed E-state index contributed by atoms with van der Waals surface area (Å²) < 4.78 is 1.60. The minimum Gasteiger partial charge on any atom is -0.343 e. The Balaban J connectivity index is 2.87. The molecular formula is C15H19N3O2. The third kappa shape index (κ3) is 2.19. The van der Waals surface area contributed by atoms with Crippen LogP contribution in [0.25, 0.3) is 11.0 Å². The van der Waals surface area contributed by atoms with Gasteiger partial charge < -0.3 is 9.47 Å². The van der Waals surface area contributed by atoms with Gasteiger partial charge in [0.15, 0.2) is 5.69 Å². The minimum absolute atomic E-state index is 0.0207. The standard InChI is InChI=1S/C15H19N3O2/c1-6-18-12-8-10(3)9(2)7-11(12)16-13(15(18)20)14(19)17(4)5/h7-8H,6H2,1-5H3. The highest BCUT2D eigenvalue weighted by atomic mass is 16.2. The first-order valence-electron chi connectivity index (χ1n) is 6.60. The molecule has 0 radical (unpaired) electrons. The molecule has 2 rings (SSSR count). The number of carbonyl (C=O) groups excluding carboxylic acids is 1. The summed E-state index contributed by atoms with van der Waals surface area (Å²) in [6, 6.07) is 3.87. The molecule has 106 valence electrons. The molecule has 0 saturated heterocycles. The van der Waals surface area contributed by atoms with E-state index in [0.717, 1.165) is 16.6 Å². The van der Waals surface area contributed by atoms with E-state index in [1.54, 1.807) is 18.7 Å². The molecule has 0 aliphatic carbocycles. The Labute approximate surface area is 117 Å². The molecule has 0 spiro atoms. The van der Waals surface area contributed by atoms with Gasteiger partial charge in [-0.1, -0.05) is 0 Å². The number of benzene rings is 1. The lowest BCUT2D eigenvalue weighted by atomic mass is 10.1. The molecule has 0 fully saturated rings. The van der Waals surface area contributed by atoms with Crippen LogP contribution in [0.3, 0.4) is 0 Å². The predicted molar refractivity (Wildman–Crippen MR) is 79.2 cm³/mol. The lowest BCUT2D eigenvalue weighted by Crippen LogP contribution is -2.34. The molecule has 2 aromatic rings. The summed E-state index contributed by atoms with van der Waals surface area (Å²) in [6.07, 6.45) is 0. The maximum Gasteiger partial charge on any atom is 0.282 e. The van der Waals surface area contributed by atoms with Gasteiger partial charge in [0.1, 0.15) is 0 Å². The summed E-state index contributed by atoms with van der Waals surface area (Å²) in [4.78, 5) is 30.1. The second kappa shape index (κ2) is 5.07. The quantitative estimate of drug-likeness (QED) is 0.837. The second-order valence-electron chi connectivity index (χ2n) is 5.13. The molecule has 0 unspecified atom stereocenters. The van der Waals surface area contributed by atoms with Crippen molar-refractivity contribution in [3.63, 3.8) is 0 Å². The second-order valence-corrected chi connectivity index (χ2v) is 5.13. The van der Waals surface area contributed by atoms with Gasteiger partial charge in [0.05, 0.1) is 11.0 Å². The first kappa shape index (κ1) is 14.2. The Bertz CT molecular complexity index is 745. The van der Waals surface area contributed by atoms with E-state index in [9.17, 15) is 9.59 Å². The fraction of sp³-hybridized carbons (Fsp3) is 0.400. The number of hydrogen-bond acceptors (Lipinski definition) is 3. The smallest absolute Gasteiger partial charge is 0.282 e. The largest absolute Gasteiger partial charge is 0.343 e. The molecule has 0 N–H and O–H groups in total. The number of aryl methyl sites for hydroxylation is 3. The van der Waals surface area contributed by atoms with Crippen molar-refractivity contribution in [2.75, 3.05) is 14.1 Å². The number of aromatic nitrogens is 2. The SMILES string of the molecule is CCn1c(=O)c(C(=O)N(C)C)nc2cc(C)c(C)cc21. The average molecular weight is 273 g/mol. The van der Waals surface area contributed by atoms with Crippen molar-refractivity contribution in [1.82, 2.24) is 14.5 Å². The van der Waals surface area contributed by atoms with Gasteiger partial charge in [-0.25, -0.2) is 4.98 Å². The molecular weight excluding hydrogens is 254 g/mol. The number of fused-ring (bicyclic) bond motifs is 1. The van der Waals surface area contributed by atoms with Crippen LogP contribution >= 0.6 is 0 Å². The van der Waals surface area contributed by atoms with E-state index in [1.165, 1.54) is 4.90 Å². The van der Waals surface area contributed by atoms with Gasteiger partial charge in [-0.15, -0.1) is 0 Å². The van der Waals surface area contributed by atoms with Crippen molar-refractivity contribution >= 4 is 16.9 Å². The summed E-state index contributed by atoms with van der Waals surface area (Å²) in [7, 11) is 3.23. The number of nitrogens with zero attached hydrogens (tertiary/aromatic N) is 3. The molecule has 1 amide bonds. The van der Waals surface area contributed by atoms with Crippen LogP contribution < -0.4 is 5.56 Å². The van der Waals surface area contributed by atoms with E-state index in [-0.39, 0.29) is 17.2 Å². The predicted octanol–water partition coefficient (Wildman–Crippen LogP) is 1.74. The van der Waals surface area contributed by atoms with Crippen LogP contribution in [0.5, 0.6) is 0 Å². The molecule has 5 heteroatoms. The molecule has 5 nitrogen and oxygen atoms in total. The van der Waals surface area contributed by atoms with Crippen LogP contribution in [0.15, 0.2) is 16.9 Å². The van der Waals surface area contributed by atoms with Crippen molar-refractivity contribution in [3.8, 4) is 0 Å². The van der Waals surface area contributed by atoms with E-state index in [4.69, 9.17) is 0 Å².